The minimum Gasteiger partial charge on any atom is -0.321 e. The van der Waals surface area contributed by atoms with Crippen molar-refractivity contribution in [1.82, 2.24) is 19.1 Å². The summed E-state index contributed by atoms with van der Waals surface area (Å²) in [6.07, 6.45) is 6.03. The molecule has 0 unspecified atom stereocenters. The predicted octanol–water partition coefficient (Wildman–Crippen LogP) is 3.77. The molecule has 5 rings (SSSR count). The molecule has 2 aliphatic rings. The molecule has 4 heterocycles. The van der Waals surface area contributed by atoms with Gasteiger partial charge < -0.3 is 9.88 Å². The molecule has 0 atom stereocenters. The average molecular weight is 472 g/mol. The maximum Gasteiger partial charge on any atom is 0.267 e. The maximum absolute atomic E-state index is 13.0. The van der Waals surface area contributed by atoms with Gasteiger partial charge in [0.05, 0.1) is 0 Å². The SMILES string of the molecule is O=C(Nc1cccc(-c2nnc3n2CCCCC3)c1)c1sccc1S(=O)(=O)N1CCCC1. The van der Waals surface area contributed by atoms with E-state index in [9.17, 15) is 13.2 Å². The first-order valence-electron chi connectivity index (χ1n) is 11.0. The summed E-state index contributed by atoms with van der Waals surface area (Å²) in [5.41, 5.74) is 1.47. The minimum absolute atomic E-state index is 0.0841. The van der Waals surface area contributed by atoms with Gasteiger partial charge in [0.15, 0.2) is 5.82 Å². The number of nitrogens with one attached hydrogen (secondary N) is 1. The fourth-order valence-corrected chi connectivity index (χ4v) is 7.17. The Morgan fingerprint density at radius 2 is 1.81 bits per heavy atom. The number of hydrogen-bond acceptors (Lipinski definition) is 6. The van der Waals surface area contributed by atoms with Gasteiger partial charge in [-0.15, -0.1) is 21.5 Å². The van der Waals surface area contributed by atoms with E-state index in [1.54, 1.807) is 11.4 Å². The number of amides is 1. The zero-order valence-electron chi connectivity index (χ0n) is 17.7. The van der Waals surface area contributed by atoms with E-state index in [4.69, 9.17) is 0 Å². The predicted molar refractivity (Wildman–Crippen MR) is 123 cm³/mol. The number of benzene rings is 1. The summed E-state index contributed by atoms with van der Waals surface area (Å²) in [5, 5.41) is 13.3. The van der Waals surface area contributed by atoms with Crippen LogP contribution in [0, 0.1) is 0 Å². The molecule has 1 aromatic carbocycles. The highest BCUT2D eigenvalue weighted by Crippen LogP contribution is 2.29. The van der Waals surface area contributed by atoms with Crippen LogP contribution in [0.15, 0.2) is 40.6 Å². The van der Waals surface area contributed by atoms with Gasteiger partial charge in [-0.1, -0.05) is 18.6 Å². The second-order valence-corrected chi connectivity index (χ2v) is 11.0. The quantitative estimate of drug-likeness (QED) is 0.611. The first-order chi connectivity index (χ1) is 15.5. The van der Waals surface area contributed by atoms with E-state index in [0.29, 0.717) is 18.8 Å². The summed E-state index contributed by atoms with van der Waals surface area (Å²) >= 11 is 1.14. The third kappa shape index (κ3) is 3.98. The topological polar surface area (TPSA) is 97.2 Å². The van der Waals surface area contributed by atoms with Crippen molar-refractivity contribution in [3.05, 3.63) is 46.4 Å². The summed E-state index contributed by atoms with van der Waals surface area (Å²) in [6, 6.07) is 8.99. The second-order valence-electron chi connectivity index (χ2n) is 8.16. The highest BCUT2D eigenvalue weighted by Gasteiger charge is 2.32. The first-order valence-corrected chi connectivity index (χ1v) is 13.3. The van der Waals surface area contributed by atoms with Crippen molar-refractivity contribution < 1.29 is 13.2 Å². The molecular formula is C22H25N5O3S2. The summed E-state index contributed by atoms with van der Waals surface area (Å²) in [5.74, 6) is 1.38. The Hall–Kier alpha value is -2.56. The number of aromatic nitrogens is 3. The van der Waals surface area contributed by atoms with Crippen molar-refractivity contribution in [1.29, 1.82) is 0 Å². The number of carbonyl (C=O) groups excluding carboxylic acids is 1. The summed E-state index contributed by atoms with van der Waals surface area (Å²) < 4.78 is 29.6. The van der Waals surface area contributed by atoms with Gasteiger partial charge >= 0.3 is 0 Å². The van der Waals surface area contributed by atoms with Crippen molar-refractivity contribution in [2.75, 3.05) is 18.4 Å². The Morgan fingerprint density at radius 1 is 1.00 bits per heavy atom. The molecule has 0 spiro atoms. The molecule has 1 amide bonds. The molecule has 32 heavy (non-hydrogen) atoms. The lowest BCUT2D eigenvalue weighted by Crippen LogP contribution is -2.29. The molecule has 2 aromatic heterocycles. The Balaban J connectivity index is 1.39. The Bertz CT molecular complexity index is 1240. The molecule has 1 fully saturated rings. The van der Waals surface area contributed by atoms with Gasteiger partial charge in [0.1, 0.15) is 15.6 Å². The van der Waals surface area contributed by atoms with Crippen LogP contribution < -0.4 is 5.32 Å². The van der Waals surface area contributed by atoms with Gasteiger partial charge in [-0.05, 0) is 49.3 Å². The molecule has 10 heteroatoms. The van der Waals surface area contributed by atoms with Crippen LogP contribution in [-0.4, -0.2) is 46.5 Å². The molecule has 0 saturated carbocycles. The molecule has 2 aliphatic heterocycles. The number of aryl methyl sites for hydroxylation is 1. The number of carbonyl (C=O) groups is 1. The van der Waals surface area contributed by atoms with Gasteiger partial charge in [0.25, 0.3) is 5.91 Å². The molecular weight excluding hydrogens is 446 g/mol. The fraction of sp³-hybridized carbons (Fsp3) is 0.409. The van der Waals surface area contributed by atoms with Crippen LogP contribution in [0.5, 0.6) is 0 Å². The highest BCUT2D eigenvalue weighted by molar-refractivity contribution is 7.89. The average Bonchev–Trinajstić information content (AvgIpc) is 3.53. The van der Waals surface area contributed by atoms with Crippen LogP contribution in [0.3, 0.4) is 0 Å². The number of hydrogen-bond donors (Lipinski definition) is 1. The largest absolute Gasteiger partial charge is 0.321 e. The first kappa shape index (κ1) is 21.3. The van der Waals surface area contributed by atoms with Crippen LogP contribution in [0.2, 0.25) is 0 Å². The van der Waals surface area contributed by atoms with E-state index < -0.39 is 15.9 Å². The number of nitrogens with zero attached hydrogens (tertiary/aromatic N) is 4. The summed E-state index contributed by atoms with van der Waals surface area (Å²) in [4.78, 5) is 13.3. The zero-order valence-corrected chi connectivity index (χ0v) is 19.3. The zero-order chi connectivity index (χ0) is 22.1. The van der Waals surface area contributed by atoms with Crippen molar-refractivity contribution in [3.8, 4) is 11.4 Å². The molecule has 0 aliphatic carbocycles. The lowest BCUT2D eigenvalue weighted by Gasteiger charge is -2.15. The van der Waals surface area contributed by atoms with E-state index >= 15 is 0 Å². The summed E-state index contributed by atoms with van der Waals surface area (Å²) in [6.45, 7) is 1.90. The van der Waals surface area contributed by atoms with E-state index in [1.807, 2.05) is 18.2 Å². The second kappa shape index (κ2) is 8.76. The third-order valence-corrected chi connectivity index (χ3v) is 8.99. The number of sulfonamides is 1. The highest BCUT2D eigenvalue weighted by atomic mass is 32.2. The van der Waals surface area contributed by atoms with Gasteiger partial charge in [-0.25, -0.2) is 8.42 Å². The molecule has 0 radical (unpaired) electrons. The molecule has 1 N–H and O–H groups in total. The van der Waals surface area contributed by atoms with Crippen LogP contribution in [0.25, 0.3) is 11.4 Å². The Labute approximate surface area is 191 Å². The summed E-state index contributed by atoms with van der Waals surface area (Å²) in [7, 11) is -3.66. The van der Waals surface area contributed by atoms with Gasteiger partial charge in [-0.3, -0.25) is 4.79 Å². The van der Waals surface area contributed by atoms with E-state index in [-0.39, 0.29) is 9.77 Å². The van der Waals surface area contributed by atoms with Gasteiger partial charge in [0, 0.05) is 37.3 Å². The lowest BCUT2D eigenvalue weighted by atomic mass is 10.2. The van der Waals surface area contributed by atoms with Crippen LogP contribution in [0.4, 0.5) is 5.69 Å². The number of fused-ring (bicyclic) bond motifs is 1. The molecule has 0 bridgehead atoms. The molecule has 168 valence electrons. The van der Waals surface area contributed by atoms with Crippen molar-refractivity contribution in [2.24, 2.45) is 0 Å². The van der Waals surface area contributed by atoms with E-state index in [2.05, 4.69) is 20.1 Å². The molecule has 8 nitrogen and oxygen atoms in total. The van der Waals surface area contributed by atoms with Gasteiger partial charge in [-0.2, -0.15) is 4.31 Å². The Morgan fingerprint density at radius 3 is 2.66 bits per heavy atom. The number of thiophene rings is 1. The van der Waals surface area contributed by atoms with Crippen molar-refractivity contribution >= 4 is 33.0 Å². The standard InChI is InChI=1S/C22H25N5O3S2/c28-22(20-18(10-14-31-20)32(29,30)26-11-4-5-12-26)23-17-8-6-7-16(15-17)21-25-24-19-9-2-1-3-13-27(19)21/h6-8,10,14-15H,1-5,9,11-13H2,(H,23,28). The normalized spacial score (nSPS) is 17.1. The monoisotopic (exact) mass is 471 g/mol. The van der Waals surface area contributed by atoms with Crippen LogP contribution >= 0.6 is 11.3 Å². The van der Waals surface area contributed by atoms with E-state index in [1.165, 1.54) is 16.8 Å². The minimum atomic E-state index is -3.66. The maximum atomic E-state index is 13.0. The third-order valence-electron chi connectivity index (χ3n) is 6.01. The number of rotatable bonds is 5. The molecule has 3 aromatic rings. The Kier molecular flexibility index (Phi) is 5.83. The van der Waals surface area contributed by atoms with E-state index in [0.717, 1.165) is 67.2 Å². The van der Waals surface area contributed by atoms with Crippen molar-refractivity contribution in [3.63, 3.8) is 0 Å². The van der Waals surface area contributed by atoms with Gasteiger partial charge in [0.2, 0.25) is 10.0 Å². The lowest BCUT2D eigenvalue weighted by molar-refractivity contribution is 0.102. The van der Waals surface area contributed by atoms with Crippen LogP contribution in [0.1, 0.15) is 47.6 Å². The smallest absolute Gasteiger partial charge is 0.267 e. The van der Waals surface area contributed by atoms with Crippen molar-refractivity contribution in [2.45, 2.75) is 50.0 Å². The van der Waals surface area contributed by atoms with Crippen LogP contribution in [-0.2, 0) is 23.0 Å². The fourth-order valence-electron chi connectivity index (χ4n) is 4.36. The molecule has 1 saturated heterocycles. The number of anilines is 1.